The summed E-state index contributed by atoms with van der Waals surface area (Å²) in [6.07, 6.45) is 4.26. The van der Waals surface area contributed by atoms with Gasteiger partial charge in [-0.2, -0.15) is 0 Å². The van der Waals surface area contributed by atoms with Crippen LogP contribution in [-0.2, 0) is 16.8 Å². The molecule has 0 aromatic heterocycles. The number of rotatable bonds is 12. The van der Waals surface area contributed by atoms with E-state index in [4.69, 9.17) is 16.3 Å². The minimum absolute atomic E-state index is 0.0803. The number of nitrogens with one attached hydrogen (secondary N) is 1. The minimum Gasteiger partial charge on any atom is -0.447 e. The average molecular weight is 474 g/mol. The summed E-state index contributed by atoms with van der Waals surface area (Å²) < 4.78 is 5.16. The van der Waals surface area contributed by atoms with E-state index in [0.29, 0.717) is 24.4 Å². The summed E-state index contributed by atoms with van der Waals surface area (Å²) >= 11 is 6.76. The molecule has 0 saturated heterocycles. The number of carbonyl (C=O) groups is 1. The van der Waals surface area contributed by atoms with E-state index < -0.39 is 11.7 Å². The predicted octanol–water partition coefficient (Wildman–Crippen LogP) is 7.50. The highest BCUT2D eigenvalue weighted by Crippen LogP contribution is 2.45. The van der Waals surface area contributed by atoms with Crippen molar-refractivity contribution in [2.45, 2.75) is 84.8 Å². The van der Waals surface area contributed by atoms with Crippen LogP contribution in [0.4, 0.5) is 4.79 Å². The molecule has 4 nitrogen and oxygen atoms in total. The molecule has 0 heterocycles. The molecule has 0 aliphatic carbocycles. The molecule has 2 rings (SSSR count). The molecule has 0 aliphatic heterocycles. The lowest BCUT2D eigenvalue weighted by Gasteiger charge is -2.38. The van der Waals surface area contributed by atoms with Gasteiger partial charge in [-0.3, -0.25) is 0 Å². The molecule has 5 heteroatoms. The zero-order chi connectivity index (χ0) is 24.4. The van der Waals surface area contributed by atoms with Crippen LogP contribution in [0.25, 0.3) is 11.1 Å². The van der Waals surface area contributed by atoms with Crippen molar-refractivity contribution >= 4 is 17.7 Å². The van der Waals surface area contributed by atoms with Crippen LogP contribution >= 0.6 is 11.6 Å². The number of hydrogen-bond donors (Lipinski definition) is 2. The highest BCUT2D eigenvalue weighted by molar-refractivity contribution is 6.33. The fraction of sp³-hybridized carbons (Fsp3) is 0.536. The van der Waals surface area contributed by atoms with Gasteiger partial charge >= 0.3 is 6.09 Å². The number of hydrogen-bond acceptors (Lipinski definition) is 3. The van der Waals surface area contributed by atoms with Crippen molar-refractivity contribution in [3.8, 4) is 11.1 Å². The summed E-state index contributed by atoms with van der Waals surface area (Å²) in [5, 5.41) is 15.7. The lowest BCUT2D eigenvalue weighted by molar-refractivity contribution is -0.0385. The second-order valence-electron chi connectivity index (χ2n) is 9.02. The Morgan fingerprint density at radius 1 is 1.15 bits per heavy atom. The summed E-state index contributed by atoms with van der Waals surface area (Å²) in [5.74, 6) is 0.0803. The summed E-state index contributed by atoms with van der Waals surface area (Å²) in [6.45, 7) is 10.5. The van der Waals surface area contributed by atoms with E-state index in [9.17, 15) is 9.90 Å². The number of aryl methyl sites for hydroxylation is 1. The van der Waals surface area contributed by atoms with Gasteiger partial charge in [0.05, 0.1) is 11.7 Å². The van der Waals surface area contributed by atoms with Crippen LogP contribution in [0.15, 0.2) is 42.5 Å². The van der Waals surface area contributed by atoms with Crippen LogP contribution in [0.5, 0.6) is 0 Å². The molecule has 33 heavy (non-hydrogen) atoms. The smallest absolute Gasteiger partial charge is 0.407 e. The largest absolute Gasteiger partial charge is 0.447 e. The van der Waals surface area contributed by atoms with Gasteiger partial charge in [0.1, 0.15) is 0 Å². The van der Waals surface area contributed by atoms with Crippen molar-refractivity contribution in [3.63, 3.8) is 0 Å². The number of halogens is 1. The molecule has 1 amide bonds. The van der Waals surface area contributed by atoms with Gasteiger partial charge in [-0.1, -0.05) is 81.6 Å². The Morgan fingerprint density at radius 2 is 1.88 bits per heavy atom. The molecule has 2 atom stereocenters. The van der Waals surface area contributed by atoms with Crippen LogP contribution in [0.1, 0.15) is 77.8 Å². The zero-order valence-corrected chi connectivity index (χ0v) is 21.5. The second kappa shape index (κ2) is 13.0. The van der Waals surface area contributed by atoms with Gasteiger partial charge in [0.25, 0.3) is 0 Å². The molecular weight excluding hydrogens is 434 g/mol. The first kappa shape index (κ1) is 27.2. The van der Waals surface area contributed by atoms with E-state index in [2.05, 4.69) is 44.3 Å². The maximum absolute atomic E-state index is 12.3. The molecule has 2 N–H and O–H groups in total. The molecule has 0 spiro atoms. The third-order valence-electron chi connectivity index (χ3n) is 6.26. The quantitative estimate of drug-likeness (QED) is 0.314. The highest BCUT2D eigenvalue weighted by Gasteiger charge is 2.38. The van der Waals surface area contributed by atoms with E-state index >= 15 is 0 Å². The topological polar surface area (TPSA) is 58.6 Å². The fourth-order valence-electron chi connectivity index (χ4n) is 4.62. The Balaban J connectivity index is 2.43. The molecule has 0 saturated carbocycles. The highest BCUT2D eigenvalue weighted by atomic mass is 35.5. The second-order valence-corrected chi connectivity index (χ2v) is 9.43. The van der Waals surface area contributed by atoms with E-state index in [0.717, 1.165) is 42.4 Å². The number of alkyl carbamates (subject to hydrolysis) is 1. The van der Waals surface area contributed by atoms with Gasteiger partial charge in [-0.15, -0.1) is 0 Å². The van der Waals surface area contributed by atoms with E-state index in [1.165, 1.54) is 5.56 Å². The average Bonchev–Trinajstić information content (AvgIpc) is 2.79. The van der Waals surface area contributed by atoms with Crippen LogP contribution in [0.3, 0.4) is 0 Å². The first-order valence-corrected chi connectivity index (χ1v) is 12.7. The summed E-state index contributed by atoms with van der Waals surface area (Å²) in [7, 11) is 0. The van der Waals surface area contributed by atoms with Crippen molar-refractivity contribution < 1.29 is 14.6 Å². The Bertz CT molecular complexity index is 898. The lowest BCUT2D eigenvalue weighted by atomic mass is 9.72. The Kier molecular flexibility index (Phi) is 10.7. The molecule has 0 bridgehead atoms. The van der Waals surface area contributed by atoms with Crippen molar-refractivity contribution in [2.24, 2.45) is 5.92 Å². The van der Waals surface area contributed by atoms with E-state index in [-0.39, 0.29) is 12.0 Å². The molecule has 182 valence electrons. The molecule has 2 aromatic rings. The molecule has 0 unspecified atom stereocenters. The lowest BCUT2D eigenvalue weighted by Crippen LogP contribution is -2.37. The van der Waals surface area contributed by atoms with Crippen molar-refractivity contribution in [2.75, 3.05) is 6.54 Å². The molecular formula is C28H40ClNO3. The third kappa shape index (κ3) is 7.22. The SMILES string of the molecule is CCC[C@H](CC)[C@@](O)(CCCNC(=O)OC(C)C)c1cccc(Cl)c1-c1cccc(CC)c1. The molecule has 0 aliphatic rings. The number of ether oxygens (including phenoxy) is 1. The Hall–Kier alpha value is -2.04. The van der Waals surface area contributed by atoms with Gasteiger partial charge in [0, 0.05) is 17.1 Å². The maximum atomic E-state index is 12.3. The maximum Gasteiger partial charge on any atom is 0.407 e. The van der Waals surface area contributed by atoms with Crippen LogP contribution in [0.2, 0.25) is 5.02 Å². The van der Waals surface area contributed by atoms with E-state index in [1.807, 2.05) is 38.1 Å². The van der Waals surface area contributed by atoms with Gasteiger partial charge < -0.3 is 15.2 Å². The molecule has 0 radical (unpaired) electrons. The number of amides is 1. The van der Waals surface area contributed by atoms with Crippen LogP contribution in [-0.4, -0.2) is 23.8 Å². The first-order chi connectivity index (χ1) is 15.8. The van der Waals surface area contributed by atoms with Crippen molar-refractivity contribution in [1.29, 1.82) is 0 Å². The summed E-state index contributed by atoms with van der Waals surface area (Å²) in [4.78, 5) is 11.9. The predicted molar refractivity (Wildman–Crippen MR) is 138 cm³/mol. The van der Waals surface area contributed by atoms with Gasteiger partial charge in [-0.05, 0) is 68.2 Å². The Labute approximate surface area is 204 Å². The van der Waals surface area contributed by atoms with Gasteiger partial charge in [0.2, 0.25) is 0 Å². The fourth-order valence-corrected chi connectivity index (χ4v) is 4.90. The van der Waals surface area contributed by atoms with Gasteiger partial charge in [0.15, 0.2) is 0 Å². The van der Waals surface area contributed by atoms with Crippen molar-refractivity contribution in [1.82, 2.24) is 5.32 Å². The monoisotopic (exact) mass is 473 g/mol. The number of carbonyl (C=O) groups excluding carboxylic acids is 1. The minimum atomic E-state index is -1.06. The number of benzene rings is 2. The van der Waals surface area contributed by atoms with Crippen LogP contribution in [0, 0.1) is 5.92 Å². The summed E-state index contributed by atoms with van der Waals surface area (Å²) in [5.41, 5.74) is 2.97. The van der Waals surface area contributed by atoms with Crippen LogP contribution < -0.4 is 5.32 Å². The molecule has 2 aromatic carbocycles. The van der Waals surface area contributed by atoms with Gasteiger partial charge in [-0.25, -0.2) is 4.79 Å². The zero-order valence-electron chi connectivity index (χ0n) is 20.8. The molecule has 0 fully saturated rings. The summed E-state index contributed by atoms with van der Waals surface area (Å²) in [6, 6.07) is 14.2. The van der Waals surface area contributed by atoms with Crippen molar-refractivity contribution in [3.05, 3.63) is 58.6 Å². The third-order valence-corrected chi connectivity index (χ3v) is 6.57. The van der Waals surface area contributed by atoms with E-state index in [1.54, 1.807) is 0 Å². The standard InChI is InChI=1S/C28H40ClNO3/c1-6-12-23(8-3)28(32,17-11-18-30-27(31)33-20(4)5)24-15-10-16-25(29)26(24)22-14-9-13-21(7-2)19-22/h9-10,13-16,19-20,23,32H,6-8,11-12,17-18H2,1-5H3,(H,30,31)/t23-,28-/m0/s1. The number of aliphatic hydroxyl groups is 1. The Morgan fingerprint density at radius 3 is 2.52 bits per heavy atom. The normalized spacial score (nSPS) is 14.1. The first-order valence-electron chi connectivity index (χ1n) is 12.3.